The standard InChI is InChI=1S/C21H33N3O3/c1-5-24(14-19(25)26)18-11-17(12-18)23-20(27)22-15(2)13-21(3,4)16-9-7-6-8-10-16/h6-10,15,17-18H,5,11-14H2,1-4H3,(H,25,26)(H2,22,23,27). The smallest absolute Gasteiger partial charge is 0.317 e. The van der Waals surface area contributed by atoms with Crippen molar-refractivity contribution >= 4 is 12.0 Å². The summed E-state index contributed by atoms with van der Waals surface area (Å²) in [7, 11) is 0. The number of hydrogen-bond donors (Lipinski definition) is 3. The number of likely N-dealkylation sites (N-methyl/N-ethyl adjacent to an activating group) is 1. The van der Waals surface area contributed by atoms with Gasteiger partial charge in [0.2, 0.25) is 0 Å². The lowest BCUT2D eigenvalue weighted by molar-refractivity contribution is -0.139. The van der Waals surface area contributed by atoms with Crippen molar-refractivity contribution in [2.75, 3.05) is 13.1 Å². The van der Waals surface area contributed by atoms with E-state index in [-0.39, 0.29) is 36.1 Å². The molecule has 0 aliphatic heterocycles. The molecule has 2 rings (SSSR count). The second-order valence-corrected chi connectivity index (χ2v) is 8.25. The van der Waals surface area contributed by atoms with Gasteiger partial charge in [0, 0.05) is 18.1 Å². The number of amides is 2. The maximum Gasteiger partial charge on any atom is 0.317 e. The van der Waals surface area contributed by atoms with Crippen LogP contribution in [-0.4, -0.2) is 53.2 Å². The fourth-order valence-electron chi connectivity index (χ4n) is 3.95. The van der Waals surface area contributed by atoms with Crippen molar-refractivity contribution in [3.63, 3.8) is 0 Å². The zero-order valence-electron chi connectivity index (χ0n) is 16.9. The van der Waals surface area contributed by atoms with E-state index in [1.807, 2.05) is 36.9 Å². The van der Waals surface area contributed by atoms with Gasteiger partial charge in [-0.1, -0.05) is 51.1 Å². The molecule has 6 heteroatoms. The second-order valence-electron chi connectivity index (χ2n) is 8.25. The van der Waals surface area contributed by atoms with Crippen LogP contribution in [0.3, 0.4) is 0 Å². The highest BCUT2D eigenvalue weighted by atomic mass is 16.4. The van der Waals surface area contributed by atoms with Gasteiger partial charge in [-0.25, -0.2) is 4.79 Å². The average molecular weight is 376 g/mol. The van der Waals surface area contributed by atoms with Crippen LogP contribution in [0.4, 0.5) is 4.79 Å². The third kappa shape index (κ3) is 6.24. The third-order valence-corrected chi connectivity index (χ3v) is 5.46. The lowest BCUT2D eigenvalue weighted by Crippen LogP contribution is -2.57. The van der Waals surface area contributed by atoms with Gasteiger partial charge in [0.1, 0.15) is 0 Å². The summed E-state index contributed by atoms with van der Waals surface area (Å²) in [6, 6.07) is 10.6. The number of nitrogens with zero attached hydrogens (tertiary/aromatic N) is 1. The van der Waals surface area contributed by atoms with E-state index in [1.54, 1.807) is 0 Å². The number of nitrogens with one attached hydrogen (secondary N) is 2. The van der Waals surface area contributed by atoms with Gasteiger partial charge in [-0.15, -0.1) is 0 Å². The van der Waals surface area contributed by atoms with Gasteiger partial charge in [0.15, 0.2) is 0 Å². The Morgan fingerprint density at radius 2 is 1.89 bits per heavy atom. The van der Waals surface area contributed by atoms with Gasteiger partial charge in [-0.2, -0.15) is 0 Å². The number of benzene rings is 1. The molecule has 6 nitrogen and oxygen atoms in total. The van der Waals surface area contributed by atoms with Crippen LogP contribution >= 0.6 is 0 Å². The molecular formula is C21H33N3O3. The molecule has 27 heavy (non-hydrogen) atoms. The topological polar surface area (TPSA) is 81.7 Å². The van der Waals surface area contributed by atoms with E-state index in [0.717, 1.165) is 19.3 Å². The van der Waals surface area contributed by atoms with Gasteiger partial charge < -0.3 is 15.7 Å². The van der Waals surface area contributed by atoms with E-state index in [2.05, 4.69) is 36.6 Å². The van der Waals surface area contributed by atoms with Gasteiger partial charge in [0.25, 0.3) is 0 Å². The van der Waals surface area contributed by atoms with Crippen molar-refractivity contribution in [3.8, 4) is 0 Å². The van der Waals surface area contributed by atoms with Crippen LogP contribution in [0.5, 0.6) is 0 Å². The van der Waals surface area contributed by atoms with E-state index in [0.29, 0.717) is 6.54 Å². The third-order valence-electron chi connectivity index (χ3n) is 5.46. The van der Waals surface area contributed by atoms with Crippen LogP contribution in [0.2, 0.25) is 0 Å². The molecule has 1 aromatic rings. The number of carboxylic acids is 1. The highest BCUT2D eigenvalue weighted by Gasteiger charge is 2.35. The second kappa shape index (κ2) is 9.22. The number of rotatable bonds is 9. The van der Waals surface area contributed by atoms with Crippen molar-refractivity contribution in [1.82, 2.24) is 15.5 Å². The molecule has 0 bridgehead atoms. The largest absolute Gasteiger partial charge is 0.480 e. The molecule has 0 heterocycles. The van der Waals surface area contributed by atoms with Crippen LogP contribution in [0, 0.1) is 0 Å². The molecular weight excluding hydrogens is 342 g/mol. The molecule has 2 amide bonds. The molecule has 1 saturated carbocycles. The summed E-state index contributed by atoms with van der Waals surface area (Å²) in [5.41, 5.74) is 1.24. The minimum absolute atomic E-state index is 0.0199. The Hall–Kier alpha value is -2.08. The summed E-state index contributed by atoms with van der Waals surface area (Å²) >= 11 is 0. The van der Waals surface area contributed by atoms with Crippen molar-refractivity contribution in [2.45, 2.75) is 70.5 Å². The van der Waals surface area contributed by atoms with Crippen LogP contribution in [0.1, 0.15) is 52.5 Å². The fourth-order valence-corrected chi connectivity index (χ4v) is 3.95. The number of carboxylic acid groups (broad SMARTS) is 1. The van der Waals surface area contributed by atoms with E-state index >= 15 is 0 Å². The summed E-state index contributed by atoms with van der Waals surface area (Å²) in [5, 5.41) is 15.0. The molecule has 1 aliphatic rings. The number of aliphatic carboxylic acids is 1. The van der Waals surface area contributed by atoms with Crippen molar-refractivity contribution in [3.05, 3.63) is 35.9 Å². The van der Waals surface area contributed by atoms with Gasteiger partial charge >= 0.3 is 12.0 Å². The summed E-state index contributed by atoms with van der Waals surface area (Å²) in [4.78, 5) is 25.1. The number of carbonyl (C=O) groups is 2. The molecule has 1 atom stereocenters. The minimum Gasteiger partial charge on any atom is -0.480 e. The average Bonchev–Trinajstić information content (AvgIpc) is 2.56. The van der Waals surface area contributed by atoms with Gasteiger partial charge in [-0.3, -0.25) is 9.69 Å². The molecule has 0 spiro atoms. The summed E-state index contributed by atoms with van der Waals surface area (Å²) in [6.45, 7) is 9.15. The van der Waals surface area contributed by atoms with Gasteiger partial charge in [-0.05, 0) is 43.7 Å². The van der Waals surface area contributed by atoms with E-state index in [9.17, 15) is 9.59 Å². The lowest BCUT2D eigenvalue weighted by Gasteiger charge is -2.42. The Bertz CT molecular complexity index is 627. The summed E-state index contributed by atoms with van der Waals surface area (Å²) in [6.07, 6.45) is 2.46. The fraction of sp³-hybridized carbons (Fsp3) is 0.619. The summed E-state index contributed by atoms with van der Waals surface area (Å²) < 4.78 is 0. The first-order valence-electron chi connectivity index (χ1n) is 9.79. The van der Waals surface area contributed by atoms with Crippen molar-refractivity contribution in [1.29, 1.82) is 0 Å². The van der Waals surface area contributed by atoms with E-state index in [4.69, 9.17) is 5.11 Å². The van der Waals surface area contributed by atoms with Crippen LogP contribution in [0.15, 0.2) is 30.3 Å². The highest BCUT2D eigenvalue weighted by molar-refractivity contribution is 5.74. The van der Waals surface area contributed by atoms with Crippen LogP contribution in [-0.2, 0) is 10.2 Å². The number of carbonyl (C=O) groups excluding carboxylic acids is 1. The molecule has 0 radical (unpaired) electrons. The normalized spacial score (nSPS) is 20.6. The number of hydrogen-bond acceptors (Lipinski definition) is 3. The molecule has 1 aliphatic carbocycles. The molecule has 1 unspecified atom stereocenters. The first kappa shape index (κ1) is 21.2. The van der Waals surface area contributed by atoms with E-state index < -0.39 is 5.97 Å². The first-order chi connectivity index (χ1) is 12.7. The quantitative estimate of drug-likeness (QED) is 0.620. The molecule has 1 aromatic carbocycles. The SMILES string of the molecule is CCN(CC(=O)O)C1CC(NC(=O)NC(C)CC(C)(C)c2ccccc2)C1. The Kier molecular flexibility index (Phi) is 7.25. The Morgan fingerprint density at radius 3 is 2.44 bits per heavy atom. The van der Waals surface area contributed by atoms with E-state index in [1.165, 1.54) is 5.56 Å². The van der Waals surface area contributed by atoms with Crippen LogP contribution in [0.25, 0.3) is 0 Å². The zero-order chi connectivity index (χ0) is 20.0. The minimum atomic E-state index is -0.805. The maximum absolute atomic E-state index is 12.3. The lowest BCUT2D eigenvalue weighted by atomic mass is 9.79. The maximum atomic E-state index is 12.3. The van der Waals surface area contributed by atoms with Crippen molar-refractivity contribution < 1.29 is 14.7 Å². The Morgan fingerprint density at radius 1 is 1.26 bits per heavy atom. The Labute approximate surface area is 162 Å². The zero-order valence-corrected chi connectivity index (χ0v) is 16.9. The number of urea groups is 1. The molecule has 0 saturated heterocycles. The molecule has 3 N–H and O–H groups in total. The monoisotopic (exact) mass is 375 g/mol. The predicted octanol–water partition coefficient (Wildman–Crippen LogP) is 2.98. The Balaban J connectivity index is 1.74. The summed E-state index contributed by atoms with van der Waals surface area (Å²) in [5.74, 6) is -0.805. The van der Waals surface area contributed by atoms with Gasteiger partial charge in [0.05, 0.1) is 6.54 Å². The highest BCUT2D eigenvalue weighted by Crippen LogP contribution is 2.28. The first-order valence-corrected chi connectivity index (χ1v) is 9.79. The molecule has 1 fully saturated rings. The van der Waals surface area contributed by atoms with Crippen molar-refractivity contribution in [2.24, 2.45) is 0 Å². The molecule has 150 valence electrons. The predicted molar refractivity (Wildman–Crippen MR) is 107 cm³/mol. The molecule has 0 aromatic heterocycles. The van der Waals surface area contributed by atoms with Crippen LogP contribution < -0.4 is 10.6 Å².